The highest BCUT2D eigenvalue weighted by molar-refractivity contribution is 9.10. The molecule has 5 heteroatoms. The molecule has 0 aromatic heterocycles. The van der Waals surface area contributed by atoms with E-state index in [-0.39, 0.29) is 11.8 Å². The maximum Gasteiger partial charge on any atom is 0.223 e. The van der Waals surface area contributed by atoms with E-state index in [1.165, 1.54) is 5.56 Å². The van der Waals surface area contributed by atoms with Gasteiger partial charge in [-0.1, -0.05) is 28.1 Å². The molecule has 1 heterocycles. The predicted octanol–water partition coefficient (Wildman–Crippen LogP) is 2.39. The van der Waals surface area contributed by atoms with E-state index >= 15 is 0 Å². The average Bonchev–Trinajstić information content (AvgIpc) is 2.49. The highest BCUT2D eigenvalue weighted by atomic mass is 79.9. The minimum Gasteiger partial charge on any atom is -0.379 e. The summed E-state index contributed by atoms with van der Waals surface area (Å²) in [7, 11) is 0. The molecule has 2 fully saturated rings. The molecule has 0 bridgehead atoms. The monoisotopic (exact) mass is 366 g/mol. The van der Waals surface area contributed by atoms with E-state index in [1.807, 2.05) is 0 Å². The van der Waals surface area contributed by atoms with E-state index in [0.29, 0.717) is 5.92 Å². The van der Waals surface area contributed by atoms with Crippen LogP contribution >= 0.6 is 15.9 Å². The average molecular weight is 367 g/mol. The van der Waals surface area contributed by atoms with E-state index < -0.39 is 0 Å². The second kappa shape index (κ2) is 7.57. The Morgan fingerprint density at radius 2 is 1.91 bits per heavy atom. The quantitative estimate of drug-likeness (QED) is 0.869. The second-order valence-corrected chi connectivity index (χ2v) is 7.08. The van der Waals surface area contributed by atoms with Crippen LogP contribution in [0.25, 0.3) is 0 Å². The fraction of sp³-hybridized carbons (Fsp3) is 0.588. The van der Waals surface area contributed by atoms with Crippen LogP contribution in [0.5, 0.6) is 0 Å². The number of morpholine rings is 1. The van der Waals surface area contributed by atoms with Gasteiger partial charge >= 0.3 is 0 Å². The first kappa shape index (κ1) is 16.0. The van der Waals surface area contributed by atoms with Gasteiger partial charge in [0.15, 0.2) is 0 Å². The van der Waals surface area contributed by atoms with E-state index in [1.54, 1.807) is 0 Å². The summed E-state index contributed by atoms with van der Waals surface area (Å²) in [5.74, 6) is 0.961. The van der Waals surface area contributed by atoms with Gasteiger partial charge in [-0.05, 0) is 36.5 Å². The van der Waals surface area contributed by atoms with E-state index in [2.05, 4.69) is 50.4 Å². The van der Waals surface area contributed by atoms with E-state index in [9.17, 15) is 4.79 Å². The van der Waals surface area contributed by atoms with Gasteiger partial charge in [-0.2, -0.15) is 0 Å². The number of rotatable bonds is 5. The lowest BCUT2D eigenvalue weighted by Gasteiger charge is -2.35. The summed E-state index contributed by atoms with van der Waals surface area (Å²) in [4.78, 5) is 14.5. The van der Waals surface area contributed by atoms with Gasteiger partial charge in [0.05, 0.1) is 13.2 Å². The highest BCUT2D eigenvalue weighted by Crippen LogP contribution is 2.41. The summed E-state index contributed by atoms with van der Waals surface area (Å²) in [6, 6.07) is 8.46. The Hall–Kier alpha value is -0.910. The molecule has 1 saturated heterocycles. The fourth-order valence-corrected chi connectivity index (χ4v) is 3.41. The van der Waals surface area contributed by atoms with Crippen molar-refractivity contribution in [2.75, 3.05) is 39.4 Å². The molecule has 1 aromatic carbocycles. The molecule has 0 radical (unpaired) electrons. The van der Waals surface area contributed by atoms with Crippen molar-refractivity contribution in [1.82, 2.24) is 10.2 Å². The molecule has 1 aliphatic carbocycles. The predicted molar refractivity (Wildman–Crippen MR) is 89.9 cm³/mol. The number of benzene rings is 1. The van der Waals surface area contributed by atoms with Crippen LogP contribution in [-0.4, -0.2) is 50.2 Å². The first-order chi connectivity index (χ1) is 10.7. The number of ether oxygens (including phenoxy) is 1. The van der Waals surface area contributed by atoms with Gasteiger partial charge in [0.25, 0.3) is 0 Å². The maximum atomic E-state index is 12.1. The van der Waals surface area contributed by atoms with Gasteiger partial charge in [-0.3, -0.25) is 9.69 Å². The maximum absolute atomic E-state index is 12.1. The minimum atomic E-state index is 0.193. The van der Waals surface area contributed by atoms with Crippen molar-refractivity contribution >= 4 is 21.8 Å². The molecule has 0 unspecified atom stereocenters. The molecule has 0 atom stereocenters. The molecule has 1 aromatic rings. The number of hydrogen-bond donors (Lipinski definition) is 1. The SMILES string of the molecule is O=C(NCCN1CCOCC1)C1CC(c2ccc(Br)cc2)C1. The Morgan fingerprint density at radius 3 is 2.59 bits per heavy atom. The van der Waals surface area contributed by atoms with Crippen LogP contribution < -0.4 is 5.32 Å². The highest BCUT2D eigenvalue weighted by Gasteiger charge is 2.35. The largest absolute Gasteiger partial charge is 0.379 e. The van der Waals surface area contributed by atoms with Crippen LogP contribution in [0.3, 0.4) is 0 Å². The van der Waals surface area contributed by atoms with Crippen molar-refractivity contribution in [1.29, 1.82) is 0 Å². The summed E-state index contributed by atoms with van der Waals surface area (Å²) in [5.41, 5.74) is 1.35. The third kappa shape index (κ3) is 4.09. The summed E-state index contributed by atoms with van der Waals surface area (Å²) in [5, 5.41) is 3.08. The molecule has 22 heavy (non-hydrogen) atoms. The van der Waals surface area contributed by atoms with Crippen molar-refractivity contribution in [2.45, 2.75) is 18.8 Å². The molecule has 1 saturated carbocycles. The van der Waals surface area contributed by atoms with E-state index in [4.69, 9.17) is 4.74 Å². The van der Waals surface area contributed by atoms with Crippen LogP contribution in [-0.2, 0) is 9.53 Å². The molecular weight excluding hydrogens is 344 g/mol. The van der Waals surface area contributed by atoms with Crippen molar-refractivity contribution in [3.8, 4) is 0 Å². The van der Waals surface area contributed by atoms with Gasteiger partial charge in [-0.25, -0.2) is 0 Å². The van der Waals surface area contributed by atoms with Crippen LogP contribution in [0.15, 0.2) is 28.7 Å². The lowest BCUT2D eigenvalue weighted by molar-refractivity contribution is -0.128. The molecule has 2 aliphatic rings. The fourth-order valence-electron chi connectivity index (χ4n) is 3.15. The molecule has 1 N–H and O–H groups in total. The number of nitrogens with zero attached hydrogens (tertiary/aromatic N) is 1. The number of carbonyl (C=O) groups excluding carboxylic acids is 1. The Morgan fingerprint density at radius 1 is 1.23 bits per heavy atom. The molecule has 4 nitrogen and oxygen atoms in total. The van der Waals surface area contributed by atoms with Crippen LogP contribution in [0.2, 0.25) is 0 Å². The Labute approximate surface area is 140 Å². The number of nitrogens with one attached hydrogen (secondary N) is 1. The molecule has 1 amide bonds. The van der Waals surface area contributed by atoms with Crippen molar-refractivity contribution in [3.63, 3.8) is 0 Å². The zero-order chi connectivity index (χ0) is 15.4. The van der Waals surface area contributed by atoms with Crippen LogP contribution in [0.1, 0.15) is 24.3 Å². The van der Waals surface area contributed by atoms with Gasteiger partial charge in [0.1, 0.15) is 0 Å². The van der Waals surface area contributed by atoms with E-state index in [0.717, 1.165) is 56.7 Å². The van der Waals surface area contributed by atoms with Gasteiger partial charge in [0.2, 0.25) is 5.91 Å². The first-order valence-electron chi connectivity index (χ1n) is 8.05. The smallest absolute Gasteiger partial charge is 0.223 e. The molecule has 3 rings (SSSR count). The van der Waals surface area contributed by atoms with Gasteiger partial charge < -0.3 is 10.1 Å². The lowest BCUT2D eigenvalue weighted by Crippen LogP contribution is -2.44. The lowest BCUT2D eigenvalue weighted by atomic mass is 9.71. The third-order valence-corrected chi connectivity index (χ3v) is 5.21. The Balaban J connectivity index is 1.35. The van der Waals surface area contributed by atoms with Crippen LogP contribution in [0.4, 0.5) is 0 Å². The van der Waals surface area contributed by atoms with Crippen LogP contribution in [0, 0.1) is 5.92 Å². The third-order valence-electron chi connectivity index (χ3n) is 4.68. The molecule has 0 spiro atoms. The van der Waals surface area contributed by atoms with Gasteiger partial charge in [0, 0.05) is 36.6 Å². The Bertz CT molecular complexity index is 494. The summed E-state index contributed by atoms with van der Waals surface area (Å²) < 4.78 is 6.43. The van der Waals surface area contributed by atoms with Gasteiger partial charge in [-0.15, -0.1) is 0 Å². The molecular formula is C17H23BrN2O2. The normalized spacial score (nSPS) is 25.5. The number of amides is 1. The Kier molecular flexibility index (Phi) is 5.50. The zero-order valence-corrected chi connectivity index (χ0v) is 14.3. The summed E-state index contributed by atoms with van der Waals surface area (Å²) >= 11 is 3.45. The topological polar surface area (TPSA) is 41.6 Å². The second-order valence-electron chi connectivity index (χ2n) is 6.16. The van der Waals surface area contributed by atoms with Crippen molar-refractivity contribution in [3.05, 3.63) is 34.3 Å². The number of carbonyl (C=O) groups is 1. The zero-order valence-electron chi connectivity index (χ0n) is 12.8. The first-order valence-corrected chi connectivity index (χ1v) is 8.85. The minimum absolute atomic E-state index is 0.193. The summed E-state index contributed by atoms with van der Waals surface area (Å²) in [6.45, 7) is 5.25. The molecule has 1 aliphatic heterocycles. The standard InChI is InChI=1S/C17H23BrN2O2/c18-16-3-1-13(2-4-16)14-11-15(12-14)17(21)19-5-6-20-7-9-22-10-8-20/h1-4,14-15H,5-12H2,(H,19,21). The van der Waals surface area contributed by atoms with Crippen molar-refractivity contribution in [2.24, 2.45) is 5.92 Å². The van der Waals surface area contributed by atoms with Crippen molar-refractivity contribution < 1.29 is 9.53 Å². The summed E-state index contributed by atoms with van der Waals surface area (Å²) in [6.07, 6.45) is 1.95. The molecule has 120 valence electrons. The number of hydrogen-bond acceptors (Lipinski definition) is 3. The number of halogens is 1.